The number of aromatic amines is 1. The van der Waals surface area contributed by atoms with Gasteiger partial charge in [0.1, 0.15) is 11.5 Å². The standard InChI is InChI=1S/C24H19BrN4O7/c1-13-22(14-4-6-15(25)7-5-14)23-21(35-3)11-20(34-2)17(24(23)27-13)12-26-36-19-9-8-16(28(30)31)10-18(19)29(32)33/h4-12,27H,1-3H3/b26-12+. The van der Waals surface area contributed by atoms with Crippen molar-refractivity contribution in [1.29, 1.82) is 0 Å². The lowest BCUT2D eigenvalue weighted by molar-refractivity contribution is -0.394. The molecule has 0 fully saturated rings. The topological polar surface area (TPSA) is 142 Å². The number of ether oxygens (including phenoxy) is 2. The molecular formula is C24H19BrN4O7. The molecule has 0 saturated heterocycles. The number of fused-ring (bicyclic) bond motifs is 1. The highest BCUT2D eigenvalue weighted by Crippen LogP contribution is 2.43. The molecule has 36 heavy (non-hydrogen) atoms. The predicted molar refractivity (Wildman–Crippen MR) is 137 cm³/mol. The van der Waals surface area contributed by atoms with Crippen molar-refractivity contribution in [3.05, 3.63) is 84.5 Å². The molecule has 0 atom stereocenters. The van der Waals surface area contributed by atoms with E-state index in [1.807, 2.05) is 31.2 Å². The van der Waals surface area contributed by atoms with Gasteiger partial charge >= 0.3 is 5.69 Å². The predicted octanol–water partition coefficient (Wildman–Crippen LogP) is 6.15. The number of nitrogens with one attached hydrogen (secondary N) is 1. The van der Waals surface area contributed by atoms with Crippen LogP contribution in [0.2, 0.25) is 0 Å². The fourth-order valence-corrected chi connectivity index (χ4v) is 4.14. The lowest BCUT2D eigenvalue weighted by Gasteiger charge is -2.11. The second-order valence-corrected chi connectivity index (χ2v) is 8.48. The van der Waals surface area contributed by atoms with Crippen LogP contribution in [0.4, 0.5) is 11.4 Å². The molecule has 0 aliphatic heterocycles. The van der Waals surface area contributed by atoms with Crippen LogP contribution in [0.3, 0.4) is 0 Å². The third-order valence-electron chi connectivity index (χ3n) is 5.49. The first-order valence-corrected chi connectivity index (χ1v) is 11.2. The Kier molecular flexibility index (Phi) is 6.88. The number of oxime groups is 1. The van der Waals surface area contributed by atoms with E-state index < -0.39 is 21.2 Å². The molecule has 1 heterocycles. The Bertz CT molecular complexity index is 1510. The van der Waals surface area contributed by atoms with Gasteiger partial charge in [0.25, 0.3) is 5.69 Å². The summed E-state index contributed by atoms with van der Waals surface area (Å²) in [6, 6.07) is 12.6. The van der Waals surface area contributed by atoms with E-state index in [4.69, 9.17) is 14.3 Å². The van der Waals surface area contributed by atoms with Gasteiger partial charge in [-0.05, 0) is 30.7 Å². The van der Waals surface area contributed by atoms with E-state index in [9.17, 15) is 20.2 Å². The average molecular weight is 555 g/mol. The first kappa shape index (κ1) is 24.7. The normalized spacial score (nSPS) is 11.1. The maximum absolute atomic E-state index is 11.4. The summed E-state index contributed by atoms with van der Waals surface area (Å²) >= 11 is 3.45. The monoisotopic (exact) mass is 554 g/mol. The molecule has 3 aromatic carbocycles. The van der Waals surface area contributed by atoms with E-state index >= 15 is 0 Å². The fraction of sp³-hybridized carbons (Fsp3) is 0.125. The maximum atomic E-state index is 11.4. The number of H-pyrrole nitrogens is 1. The van der Waals surface area contributed by atoms with Crippen LogP contribution in [0.15, 0.2) is 58.2 Å². The summed E-state index contributed by atoms with van der Waals surface area (Å²) in [6.07, 6.45) is 1.35. The Morgan fingerprint density at radius 2 is 1.64 bits per heavy atom. The number of hydrogen-bond donors (Lipinski definition) is 1. The van der Waals surface area contributed by atoms with Crippen LogP contribution in [0.1, 0.15) is 11.3 Å². The van der Waals surface area contributed by atoms with Crippen molar-refractivity contribution >= 4 is 44.4 Å². The van der Waals surface area contributed by atoms with Crippen LogP contribution < -0.4 is 14.3 Å². The Morgan fingerprint density at radius 3 is 2.25 bits per heavy atom. The van der Waals surface area contributed by atoms with E-state index in [0.29, 0.717) is 22.6 Å². The van der Waals surface area contributed by atoms with Crippen molar-refractivity contribution in [2.45, 2.75) is 6.92 Å². The van der Waals surface area contributed by atoms with Gasteiger partial charge in [0, 0.05) is 27.9 Å². The number of hydrogen-bond acceptors (Lipinski definition) is 8. The van der Waals surface area contributed by atoms with Gasteiger partial charge in [-0.1, -0.05) is 33.2 Å². The molecule has 0 amide bonds. The quantitative estimate of drug-likeness (QED) is 0.156. The van der Waals surface area contributed by atoms with Gasteiger partial charge in [-0.2, -0.15) is 0 Å². The van der Waals surface area contributed by atoms with Gasteiger partial charge in [-0.3, -0.25) is 20.2 Å². The van der Waals surface area contributed by atoms with Crippen LogP contribution in [-0.2, 0) is 0 Å². The summed E-state index contributed by atoms with van der Waals surface area (Å²) < 4.78 is 12.1. The van der Waals surface area contributed by atoms with Crippen LogP contribution in [0.25, 0.3) is 22.0 Å². The molecule has 0 bridgehead atoms. The number of nitro groups is 2. The van der Waals surface area contributed by atoms with Crippen LogP contribution in [-0.4, -0.2) is 35.3 Å². The Morgan fingerprint density at radius 1 is 0.944 bits per heavy atom. The fourth-order valence-electron chi connectivity index (χ4n) is 3.88. The number of nitro benzene ring substituents is 2. The van der Waals surface area contributed by atoms with Crippen LogP contribution in [0.5, 0.6) is 17.2 Å². The second-order valence-electron chi connectivity index (χ2n) is 7.57. The summed E-state index contributed by atoms with van der Waals surface area (Å²) in [7, 11) is 3.05. The third-order valence-corrected chi connectivity index (χ3v) is 6.02. The van der Waals surface area contributed by atoms with Gasteiger partial charge in [0.2, 0.25) is 5.75 Å². The summed E-state index contributed by atoms with van der Waals surface area (Å²) in [4.78, 5) is 29.5. The van der Waals surface area contributed by atoms with Crippen molar-refractivity contribution < 1.29 is 24.2 Å². The molecule has 4 rings (SSSR count). The summed E-state index contributed by atoms with van der Waals surface area (Å²) in [5.74, 6) is 0.755. The number of benzene rings is 3. The van der Waals surface area contributed by atoms with Gasteiger partial charge in [-0.25, -0.2) is 0 Å². The van der Waals surface area contributed by atoms with Gasteiger partial charge in [0.15, 0.2) is 0 Å². The molecule has 4 aromatic rings. The second kappa shape index (κ2) is 10.0. The summed E-state index contributed by atoms with van der Waals surface area (Å²) in [6.45, 7) is 1.93. The molecule has 0 saturated carbocycles. The summed E-state index contributed by atoms with van der Waals surface area (Å²) in [5, 5.41) is 27.1. The molecule has 11 nitrogen and oxygen atoms in total. The molecule has 1 N–H and O–H groups in total. The van der Waals surface area contributed by atoms with Gasteiger partial charge in [0.05, 0.1) is 52.8 Å². The molecule has 0 spiro atoms. The number of aryl methyl sites for hydroxylation is 1. The molecular weight excluding hydrogens is 536 g/mol. The number of halogens is 1. The van der Waals surface area contributed by atoms with Crippen molar-refractivity contribution in [2.75, 3.05) is 14.2 Å². The largest absolute Gasteiger partial charge is 0.496 e. The smallest absolute Gasteiger partial charge is 0.321 e. The van der Waals surface area contributed by atoms with Crippen molar-refractivity contribution in [1.82, 2.24) is 4.98 Å². The van der Waals surface area contributed by atoms with E-state index in [1.54, 1.807) is 13.2 Å². The lowest BCUT2D eigenvalue weighted by atomic mass is 10.00. The molecule has 0 radical (unpaired) electrons. The first-order chi connectivity index (χ1) is 17.2. The van der Waals surface area contributed by atoms with Crippen molar-refractivity contribution in [3.8, 4) is 28.4 Å². The molecule has 1 aromatic heterocycles. The van der Waals surface area contributed by atoms with E-state index in [-0.39, 0.29) is 5.75 Å². The molecule has 184 valence electrons. The summed E-state index contributed by atoms with van der Waals surface area (Å²) in [5.41, 5.74) is 2.93. The molecule has 0 aliphatic carbocycles. The third kappa shape index (κ3) is 4.58. The van der Waals surface area contributed by atoms with Gasteiger partial charge < -0.3 is 19.3 Å². The van der Waals surface area contributed by atoms with E-state index in [1.165, 1.54) is 13.3 Å². The number of methoxy groups -OCH3 is 2. The Hall–Kier alpha value is -4.45. The van der Waals surface area contributed by atoms with Crippen LogP contribution in [0, 0.1) is 27.2 Å². The van der Waals surface area contributed by atoms with Gasteiger partial charge in [-0.15, -0.1) is 0 Å². The highest BCUT2D eigenvalue weighted by atomic mass is 79.9. The number of rotatable bonds is 8. The molecule has 0 aliphatic rings. The minimum absolute atomic E-state index is 0.246. The minimum Gasteiger partial charge on any atom is -0.496 e. The highest BCUT2D eigenvalue weighted by Gasteiger charge is 2.23. The molecule has 0 unspecified atom stereocenters. The SMILES string of the molecule is COc1cc(OC)c2c(-c3ccc(Br)cc3)c(C)[nH]c2c1/C=N/Oc1ccc([N+](=O)[O-])cc1[N+](=O)[O-]. The van der Waals surface area contributed by atoms with Crippen molar-refractivity contribution in [3.63, 3.8) is 0 Å². The average Bonchev–Trinajstić information content (AvgIpc) is 3.21. The highest BCUT2D eigenvalue weighted by molar-refractivity contribution is 9.10. The number of non-ortho nitro benzene ring substituents is 1. The number of nitrogens with zero attached hydrogens (tertiary/aromatic N) is 3. The zero-order valence-electron chi connectivity index (χ0n) is 19.3. The minimum atomic E-state index is -0.775. The molecule has 12 heteroatoms. The Labute approximate surface area is 212 Å². The van der Waals surface area contributed by atoms with Crippen LogP contribution >= 0.6 is 15.9 Å². The maximum Gasteiger partial charge on any atom is 0.321 e. The number of aromatic nitrogens is 1. The van der Waals surface area contributed by atoms with E-state index in [2.05, 4.69) is 26.1 Å². The zero-order valence-corrected chi connectivity index (χ0v) is 20.9. The Balaban J connectivity index is 1.82. The van der Waals surface area contributed by atoms with E-state index in [0.717, 1.165) is 44.9 Å². The first-order valence-electron chi connectivity index (χ1n) is 10.4. The van der Waals surface area contributed by atoms with Crippen molar-refractivity contribution in [2.24, 2.45) is 5.16 Å². The lowest BCUT2D eigenvalue weighted by Crippen LogP contribution is -1.98. The zero-order chi connectivity index (χ0) is 26.0.